The van der Waals surface area contributed by atoms with Gasteiger partial charge in [-0.15, -0.1) is 0 Å². The van der Waals surface area contributed by atoms with E-state index in [4.69, 9.17) is 4.74 Å². The summed E-state index contributed by atoms with van der Waals surface area (Å²) in [5.74, 6) is -0.327. The Balaban J connectivity index is 1.14. The molecule has 1 unspecified atom stereocenters. The molecule has 7 nitrogen and oxygen atoms in total. The number of amides is 1. The molecular weight excluding hydrogens is 687 g/mol. The number of ketones is 1. The van der Waals surface area contributed by atoms with Crippen LogP contribution < -0.4 is 0 Å². The minimum atomic E-state index is -1.24. The monoisotopic (exact) mass is 745 g/mol. The molecule has 1 aliphatic heterocycles. The molecule has 292 valence electrons. The fraction of sp³-hybridized carbons (Fsp3) is 0.604. The van der Waals surface area contributed by atoms with Gasteiger partial charge in [0.05, 0.1) is 23.7 Å². The highest BCUT2D eigenvalue weighted by molar-refractivity contribution is 6.14. The summed E-state index contributed by atoms with van der Waals surface area (Å²) in [5, 5.41) is 24.4. The first-order valence-corrected chi connectivity index (χ1v) is 21.1. The summed E-state index contributed by atoms with van der Waals surface area (Å²) in [7, 11) is 0. The Labute approximate surface area is 326 Å². The van der Waals surface area contributed by atoms with Crippen molar-refractivity contribution in [2.45, 2.75) is 123 Å². The van der Waals surface area contributed by atoms with Gasteiger partial charge in [-0.2, -0.15) is 0 Å². The highest BCUT2D eigenvalue weighted by atomic mass is 16.6. The molecule has 8 aliphatic rings. The lowest BCUT2D eigenvalue weighted by Crippen LogP contribution is -2.68. The molecule has 1 amide bonds. The van der Waals surface area contributed by atoms with Crippen LogP contribution in [0.4, 0.5) is 0 Å². The van der Waals surface area contributed by atoms with Gasteiger partial charge in [-0.1, -0.05) is 107 Å². The van der Waals surface area contributed by atoms with Crippen LogP contribution in [0.1, 0.15) is 116 Å². The summed E-state index contributed by atoms with van der Waals surface area (Å²) in [6, 6.07) is 18.1. The molecule has 4 bridgehead atoms. The molecule has 4 saturated carbocycles. The lowest BCUT2D eigenvalue weighted by molar-refractivity contribution is -0.187. The molecule has 2 N–H and O–H groups in total. The van der Waals surface area contributed by atoms with Crippen LogP contribution in [0.5, 0.6) is 0 Å². The van der Waals surface area contributed by atoms with E-state index >= 15 is 4.79 Å². The zero-order chi connectivity index (χ0) is 39.0. The number of ether oxygens (including phenoxy) is 1. The summed E-state index contributed by atoms with van der Waals surface area (Å²) < 4.78 is 6.10. The summed E-state index contributed by atoms with van der Waals surface area (Å²) in [6.07, 6.45) is 13.5. The van der Waals surface area contributed by atoms with Crippen LogP contribution >= 0.6 is 0 Å². The number of carbonyl (C=O) groups is 3. The first-order valence-electron chi connectivity index (χ1n) is 21.1. The van der Waals surface area contributed by atoms with Crippen molar-refractivity contribution in [2.24, 2.45) is 44.3 Å². The second-order valence-corrected chi connectivity index (χ2v) is 20.0. The molecular formula is C48H59NO6. The summed E-state index contributed by atoms with van der Waals surface area (Å²) >= 11 is 0. The van der Waals surface area contributed by atoms with Crippen LogP contribution in [0.3, 0.4) is 0 Å². The predicted octanol–water partition coefficient (Wildman–Crippen LogP) is 8.49. The molecule has 0 aromatic heterocycles. The summed E-state index contributed by atoms with van der Waals surface area (Å²) in [4.78, 5) is 45.5. The lowest BCUT2D eigenvalue weighted by atomic mass is 9.32. The number of benzene rings is 2. The summed E-state index contributed by atoms with van der Waals surface area (Å²) in [6.45, 7) is 13.2. The number of Topliss-reactive ketones (excluding diaryl/α,β-unsaturated/α-hetero) is 1. The Hall–Kier alpha value is -3.55. The van der Waals surface area contributed by atoms with Gasteiger partial charge in [0.1, 0.15) is 0 Å². The standard InChI is InChI=1S/C48H59NO6/c1-7-27-49(39(52)48-26-23-44(6,40(53)55-48)41(48,2)3)30-46(54)22-19-37-43(46,5)21-18-36-42(4)20-17-32(50)28-45(42)24-25-47(36,37)35(29-45)38(51)34-16-12-11-15-33(34)31-13-9-8-10-14-31/h8-16,24-25,29,32,36-37,50,54H,7,17-23,26-28,30H2,1-6H3/t32?,36-,37-,42-,43+,44+,45+,46-,47-,48-/m1/s1. The van der Waals surface area contributed by atoms with Gasteiger partial charge in [0.2, 0.25) is 0 Å². The van der Waals surface area contributed by atoms with Crippen molar-refractivity contribution in [2.75, 3.05) is 13.1 Å². The van der Waals surface area contributed by atoms with Gasteiger partial charge in [-0.3, -0.25) is 14.4 Å². The smallest absolute Gasteiger partial charge is 0.313 e. The zero-order valence-corrected chi connectivity index (χ0v) is 33.6. The maximum Gasteiger partial charge on any atom is 0.313 e. The van der Waals surface area contributed by atoms with E-state index in [1.807, 2.05) is 68.1 Å². The average Bonchev–Trinajstić information content (AvgIpc) is 3.62. The number of aliphatic hydroxyl groups excluding tert-OH is 1. The quantitative estimate of drug-likeness (QED) is 0.160. The third-order valence-corrected chi connectivity index (χ3v) is 17.9. The van der Waals surface area contributed by atoms with Crippen LogP contribution in [0, 0.1) is 44.3 Å². The predicted molar refractivity (Wildman–Crippen MR) is 212 cm³/mol. The second-order valence-electron chi connectivity index (χ2n) is 20.0. The second kappa shape index (κ2) is 11.8. The number of nitrogens with zero attached hydrogens (tertiary/aromatic N) is 1. The average molecular weight is 746 g/mol. The molecule has 55 heavy (non-hydrogen) atoms. The van der Waals surface area contributed by atoms with E-state index < -0.39 is 44.4 Å². The molecule has 2 spiro atoms. The molecule has 10 rings (SSSR count). The van der Waals surface area contributed by atoms with Crippen LogP contribution in [0.25, 0.3) is 11.1 Å². The fourth-order valence-corrected chi connectivity index (χ4v) is 14.1. The van der Waals surface area contributed by atoms with E-state index in [-0.39, 0.29) is 41.5 Å². The minimum Gasteiger partial charge on any atom is -0.448 e. The molecule has 2 aromatic carbocycles. The molecule has 7 aliphatic carbocycles. The normalized spacial score (nSPS) is 42.9. The zero-order valence-electron chi connectivity index (χ0n) is 33.6. The molecule has 10 atom stereocenters. The highest BCUT2D eigenvalue weighted by Crippen LogP contribution is 2.78. The lowest BCUT2D eigenvalue weighted by Gasteiger charge is -2.71. The van der Waals surface area contributed by atoms with Crippen LogP contribution in [-0.2, 0) is 14.3 Å². The highest BCUT2D eigenvalue weighted by Gasteiger charge is 2.78. The number of esters is 1. The van der Waals surface area contributed by atoms with Crippen molar-refractivity contribution in [3.05, 3.63) is 84.0 Å². The Morgan fingerprint density at radius 2 is 1.51 bits per heavy atom. The van der Waals surface area contributed by atoms with E-state index in [9.17, 15) is 19.8 Å². The Morgan fingerprint density at radius 3 is 2.20 bits per heavy atom. The van der Waals surface area contributed by atoms with Gasteiger partial charge in [0, 0.05) is 39.3 Å². The van der Waals surface area contributed by atoms with Gasteiger partial charge < -0.3 is 19.8 Å². The van der Waals surface area contributed by atoms with Crippen molar-refractivity contribution in [1.82, 2.24) is 4.90 Å². The third kappa shape index (κ3) is 4.38. The molecule has 7 heteroatoms. The van der Waals surface area contributed by atoms with E-state index in [2.05, 4.69) is 51.1 Å². The molecule has 2 aromatic rings. The fourth-order valence-electron chi connectivity index (χ4n) is 14.1. The third-order valence-electron chi connectivity index (χ3n) is 17.9. The van der Waals surface area contributed by atoms with Gasteiger partial charge in [-0.25, -0.2) is 0 Å². The van der Waals surface area contributed by atoms with Crippen molar-refractivity contribution >= 4 is 17.7 Å². The van der Waals surface area contributed by atoms with Gasteiger partial charge in [-0.05, 0) is 99.5 Å². The Morgan fingerprint density at radius 1 is 0.836 bits per heavy atom. The first kappa shape index (κ1) is 37.1. The number of hydrogen-bond acceptors (Lipinski definition) is 6. The molecule has 0 radical (unpaired) electrons. The molecule has 5 fully saturated rings. The Bertz CT molecular complexity index is 2040. The Kier molecular flexibility index (Phi) is 7.92. The molecule has 1 saturated heterocycles. The van der Waals surface area contributed by atoms with Crippen molar-refractivity contribution < 1.29 is 29.3 Å². The topological polar surface area (TPSA) is 104 Å². The number of carbonyl (C=O) groups excluding carboxylic acids is 3. The maximum absolute atomic E-state index is 15.5. The van der Waals surface area contributed by atoms with Crippen LogP contribution in [0.15, 0.2) is 78.4 Å². The van der Waals surface area contributed by atoms with Crippen molar-refractivity contribution in [3.63, 3.8) is 0 Å². The number of hydrogen-bond donors (Lipinski definition) is 2. The number of fused-ring (bicyclic) bond motifs is 3. The van der Waals surface area contributed by atoms with Crippen molar-refractivity contribution in [1.29, 1.82) is 0 Å². The van der Waals surface area contributed by atoms with E-state index in [0.29, 0.717) is 44.2 Å². The largest absolute Gasteiger partial charge is 0.448 e. The molecule has 1 heterocycles. The van der Waals surface area contributed by atoms with Gasteiger partial charge >= 0.3 is 5.97 Å². The minimum absolute atomic E-state index is 0.0337. The van der Waals surface area contributed by atoms with Crippen LogP contribution in [-0.4, -0.2) is 63.2 Å². The summed E-state index contributed by atoms with van der Waals surface area (Å²) in [5.41, 5.74) is -2.26. The SMILES string of the molecule is CCCN(C[C@]1(O)CC[C@H]2[C@]34C=C[C@@]5(C=C3C(=O)c3ccccc3-c3ccccc3)CC(O)CC[C@]5(C)[C@H]4CC[C@@]21C)C(=O)[C@@]12CC[C@@](C)(C(=O)O1)C2(C)C. The van der Waals surface area contributed by atoms with Gasteiger partial charge in [0.15, 0.2) is 11.4 Å². The van der Waals surface area contributed by atoms with E-state index in [1.54, 1.807) is 0 Å². The number of allylic oxidation sites excluding steroid dienone is 4. The van der Waals surface area contributed by atoms with E-state index in [1.165, 1.54) is 0 Å². The van der Waals surface area contributed by atoms with Crippen LogP contribution in [0.2, 0.25) is 0 Å². The van der Waals surface area contributed by atoms with Crippen molar-refractivity contribution in [3.8, 4) is 11.1 Å². The number of rotatable bonds is 8. The van der Waals surface area contributed by atoms with Gasteiger partial charge in [0.25, 0.3) is 5.91 Å². The number of aliphatic hydroxyl groups is 2. The maximum atomic E-state index is 15.5. The van der Waals surface area contributed by atoms with E-state index in [0.717, 1.165) is 48.8 Å². The first-order chi connectivity index (χ1) is 26.0.